The van der Waals surface area contributed by atoms with Gasteiger partial charge in [-0.2, -0.15) is 13.2 Å². The molecule has 1 aliphatic rings. The van der Waals surface area contributed by atoms with Crippen LogP contribution in [0.2, 0.25) is 0 Å². The molecule has 2 rings (SSSR count). The first-order valence-corrected chi connectivity index (χ1v) is 5.91. The quantitative estimate of drug-likeness (QED) is 0.802. The van der Waals surface area contributed by atoms with Crippen LogP contribution in [-0.4, -0.2) is 12.7 Å². The van der Waals surface area contributed by atoms with Crippen LogP contribution in [0.3, 0.4) is 0 Å². The molecule has 1 aromatic rings. The maximum absolute atomic E-state index is 13.1. The Morgan fingerprint density at radius 1 is 1.35 bits per heavy atom. The molecule has 1 fully saturated rings. The first kappa shape index (κ1) is 14.6. The second-order valence-corrected chi connectivity index (χ2v) is 5.37. The monoisotopic (exact) mass is 291 g/mol. The van der Waals surface area contributed by atoms with Crippen LogP contribution in [0.1, 0.15) is 31.0 Å². The summed E-state index contributed by atoms with van der Waals surface area (Å²) in [5, 5.41) is 2.37. The van der Waals surface area contributed by atoms with Gasteiger partial charge in [0, 0.05) is 5.41 Å². The van der Waals surface area contributed by atoms with Crippen LogP contribution in [0.15, 0.2) is 18.2 Å². The van der Waals surface area contributed by atoms with E-state index in [1.165, 1.54) is 0 Å². The van der Waals surface area contributed by atoms with Gasteiger partial charge < -0.3 is 10.1 Å². The second-order valence-electron chi connectivity index (χ2n) is 5.37. The van der Waals surface area contributed by atoms with Crippen molar-refractivity contribution in [3.63, 3.8) is 0 Å². The van der Waals surface area contributed by atoms with Crippen molar-refractivity contribution in [2.45, 2.75) is 26.1 Å². The maximum atomic E-state index is 13.1. The lowest BCUT2D eigenvalue weighted by molar-refractivity contribution is -0.139. The van der Waals surface area contributed by atoms with Crippen LogP contribution in [0.5, 0.6) is 0 Å². The molecule has 0 spiro atoms. The molecule has 0 bridgehead atoms. The van der Waals surface area contributed by atoms with Gasteiger partial charge in [0.2, 0.25) is 0 Å². The van der Waals surface area contributed by atoms with Crippen LogP contribution in [0.25, 0.3) is 0 Å². The predicted molar refractivity (Wildman–Crippen MR) is 62.4 cm³/mol. The summed E-state index contributed by atoms with van der Waals surface area (Å²) in [6.45, 7) is 3.32. The number of hydrogen-bond donors (Lipinski definition) is 1. The lowest BCUT2D eigenvalue weighted by atomic mass is 9.79. The number of alkyl carbamates (subject to hydrolysis) is 1. The molecule has 7 heteroatoms. The molecule has 3 nitrogen and oxygen atoms in total. The summed E-state index contributed by atoms with van der Waals surface area (Å²) in [5.41, 5.74) is -2.00. The highest BCUT2D eigenvalue weighted by Crippen LogP contribution is 2.42. The molecule has 1 atom stereocenters. The summed E-state index contributed by atoms with van der Waals surface area (Å²) in [6, 6.07) is 1.53. The number of hydrogen-bond acceptors (Lipinski definition) is 2. The standard InChI is InChI=1S/C13H13F4NO2/c1-12(2)6-20-11(19)18-10(12)8-4-3-7(14)5-9(8)13(15,16)17/h3-5,10H,6H2,1-2H3,(H,18,19)/t10-/m0/s1. The number of amides is 1. The fraction of sp³-hybridized carbons (Fsp3) is 0.462. The van der Waals surface area contributed by atoms with Crippen molar-refractivity contribution in [3.8, 4) is 0 Å². The summed E-state index contributed by atoms with van der Waals surface area (Å²) < 4.78 is 57.0. The summed E-state index contributed by atoms with van der Waals surface area (Å²) in [6.07, 6.45) is -5.48. The van der Waals surface area contributed by atoms with Gasteiger partial charge in [-0.25, -0.2) is 9.18 Å². The van der Waals surface area contributed by atoms with E-state index in [2.05, 4.69) is 5.32 Å². The molecule has 1 aromatic carbocycles. The van der Waals surface area contributed by atoms with E-state index >= 15 is 0 Å². The van der Waals surface area contributed by atoms with Crippen LogP contribution >= 0.6 is 0 Å². The predicted octanol–water partition coefficient (Wildman–Crippen LogP) is 3.65. The molecule has 0 unspecified atom stereocenters. The zero-order valence-corrected chi connectivity index (χ0v) is 10.8. The van der Waals surface area contributed by atoms with E-state index in [1.807, 2.05) is 0 Å². The Morgan fingerprint density at radius 3 is 2.60 bits per heavy atom. The third-order valence-corrected chi connectivity index (χ3v) is 3.25. The van der Waals surface area contributed by atoms with Crippen LogP contribution in [0, 0.1) is 11.2 Å². The summed E-state index contributed by atoms with van der Waals surface area (Å²) in [5.74, 6) is -0.975. The molecule has 1 amide bonds. The molecule has 0 radical (unpaired) electrons. The van der Waals surface area contributed by atoms with Gasteiger partial charge in [0.1, 0.15) is 12.4 Å². The number of ether oxygens (including phenoxy) is 1. The lowest BCUT2D eigenvalue weighted by Crippen LogP contribution is -2.47. The van der Waals surface area contributed by atoms with Crippen LogP contribution < -0.4 is 5.32 Å². The van der Waals surface area contributed by atoms with Gasteiger partial charge in [0.25, 0.3) is 0 Å². The molecular weight excluding hydrogens is 278 g/mol. The largest absolute Gasteiger partial charge is 0.449 e. The Morgan fingerprint density at radius 2 is 2.00 bits per heavy atom. The van der Waals surface area contributed by atoms with E-state index < -0.39 is 35.1 Å². The van der Waals surface area contributed by atoms with E-state index in [9.17, 15) is 22.4 Å². The third-order valence-electron chi connectivity index (χ3n) is 3.25. The number of alkyl halides is 3. The molecule has 0 saturated carbocycles. The number of cyclic esters (lactones) is 1. The van der Waals surface area contributed by atoms with Gasteiger partial charge in [0.15, 0.2) is 0 Å². The topological polar surface area (TPSA) is 38.3 Å². The van der Waals surface area contributed by atoms with E-state index in [4.69, 9.17) is 4.74 Å². The van der Waals surface area contributed by atoms with E-state index in [1.54, 1.807) is 13.8 Å². The van der Waals surface area contributed by atoms with Gasteiger partial charge in [-0.15, -0.1) is 0 Å². The molecule has 0 aromatic heterocycles. The zero-order valence-electron chi connectivity index (χ0n) is 10.8. The second kappa shape index (κ2) is 4.64. The van der Waals surface area contributed by atoms with Crippen molar-refractivity contribution >= 4 is 6.09 Å². The minimum absolute atomic E-state index is 0.0157. The minimum Gasteiger partial charge on any atom is -0.449 e. The Balaban J connectivity index is 2.53. The highest BCUT2D eigenvalue weighted by Gasteiger charge is 2.43. The Hall–Kier alpha value is -1.79. The van der Waals surface area contributed by atoms with Crippen LogP contribution in [-0.2, 0) is 10.9 Å². The van der Waals surface area contributed by atoms with Crippen molar-refractivity contribution < 1.29 is 27.1 Å². The molecule has 110 valence electrons. The van der Waals surface area contributed by atoms with Gasteiger partial charge in [-0.3, -0.25) is 0 Å². The summed E-state index contributed by atoms with van der Waals surface area (Å²) >= 11 is 0. The Bertz CT molecular complexity index is 540. The average Bonchev–Trinajstić information content (AvgIpc) is 2.31. The highest BCUT2D eigenvalue weighted by atomic mass is 19.4. The van der Waals surface area contributed by atoms with E-state index in [0.717, 1.165) is 12.1 Å². The number of carbonyl (C=O) groups excluding carboxylic acids is 1. The minimum atomic E-state index is -4.70. The van der Waals surface area contributed by atoms with Gasteiger partial charge in [-0.05, 0) is 17.7 Å². The maximum Gasteiger partial charge on any atom is 0.416 e. The normalized spacial score (nSPS) is 22.1. The first-order chi connectivity index (χ1) is 9.11. The highest BCUT2D eigenvalue weighted by molar-refractivity contribution is 5.69. The summed E-state index contributed by atoms with van der Waals surface area (Å²) in [4.78, 5) is 11.3. The average molecular weight is 291 g/mol. The van der Waals surface area contributed by atoms with Gasteiger partial charge in [0.05, 0.1) is 11.6 Å². The van der Waals surface area contributed by atoms with Crippen LogP contribution in [0.4, 0.5) is 22.4 Å². The summed E-state index contributed by atoms with van der Waals surface area (Å²) in [7, 11) is 0. The molecule has 1 N–H and O–H groups in total. The number of halogens is 4. The molecular formula is C13H13F4NO2. The van der Waals surface area contributed by atoms with Crippen molar-refractivity contribution in [1.29, 1.82) is 0 Å². The van der Waals surface area contributed by atoms with Crippen molar-refractivity contribution in [1.82, 2.24) is 5.32 Å². The molecule has 1 aliphatic heterocycles. The smallest absolute Gasteiger partial charge is 0.416 e. The first-order valence-electron chi connectivity index (χ1n) is 5.91. The number of benzene rings is 1. The Labute approximate surface area is 112 Å². The zero-order chi connectivity index (χ0) is 15.1. The van der Waals surface area contributed by atoms with Crippen molar-refractivity contribution in [3.05, 3.63) is 35.1 Å². The lowest BCUT2D eigenvalue weighted by Gasteiger charge is -2.39. The molecule has 1 heterocycles. The van der Waals surface area contributed by atoms with Gasteiger partial charge >= 0.3 is 12.3 Å². The van der Waals surface area contributed by atoms with Crippen molar-refractivity contribution in [2.24, 2.45) is 5.41 Å². The SMILES string of the molecule is CC1(C)COC(=O)N[C@H]1c1ccc(F)cc1C(F)(F)F. The molecule has 20 heavy (non-hydrogen) atoms. The third kappa shape index (κ3) is 2.71. The van der Waals surface area contributed by atoms with E-state index in [0.29, 0.717) is 6.07 Å². The number of nitrogens with one attached hydrogen (secondary N) is 1. The fourth-order valence-corrected chi connectivity index (χ4v) is 2.21. The fourth-order valence-electron chi connectivity index (χ4n) is 2.21. The number of rotatable bonds is 1. The van der Waals surface area contributed by atoms with Crippen molar-refractivity contribution in [2.75, 3.05) is 6.61 Å². The van der Waals surface area contributed by atoms with E-state index in [-0.39, 0.29) is 12.2 Å². The molecule has 0 aliphatic carbocycles. The number of carbonyl (C=O) groups is 1. The molecule has 1 saturated heterocycles. The van der Waals surface area contributed by atoms with Gasteiger partial charge in [-0.1, -0.05) is 19.9 Å². The Kier molecular flexibility index (Phi) is 3.39.